The number of amides is 1. The smallest absolute Gasteiger partial charge is 0.258 e. The fraction of sp³-hybridized carbons (Fsp3) is 0.235. The first kappa shape index (κ1) is 15.7. The predicted molar refractivity (Wildman–Crippen MR) is 88.1 cm³/mol. The molecule has 3 rings (SSSR count). The van der Waals surface area contributed by atoms with Crippen LogP contribution in [0.2, 0.25) is 0 Å². The first-order valence-corrected chi connectivity index (χ1v) is 9.12. The van der Waals surface area contributed by atoms with Gasteiger partial charge in [-0.2, -0.15) is 0 Å². The zero-order valence-corrected chi connectivity index (χ0v) is 13.2. The summed E-state index contributed by atoms with van der Waals surface area (Å²) in [5.74, 6) is -0.872. The molecule has 0 bridgehead atoms. The van der Waals surface area contributed by atoms with Crippen LogP contribution < -0.4 is 4.90 Å². The maximum Gasteiger partial charge on any atom is 0.258 e. The van der Waals surface area contributed by atoms with E-state index in [0.717, 1.165) is 0 Å². The largest absolute Gasteiger partial charge is 0.390 e. The van der Waals surface area contributed by atoms with Crippen molar-refractivity contribution in [1.82, 2.24) is 0 Å². The van der Waals surface area contributed by atoms with Crippen LogP contribution in [0.4, 0.5) is 5.69 Å². The molecule has 120 valence electrons. The molecule has 2 atom stereocenters. The Morgan fingerprint density at radius 2 is 1.52 bits per heavy atom. The lowest BCUT2D eigenvalue weighted by atomic mass is 10.1. The van der Waals surface area contributed by atoms with E-state index in [0.29, 0.717) is 11.3 Å². The van der Waals surface area contributed by atoms with Crippen LogP contribution in [0.15, 0.2) is 60.7 Å². The Hall–Kier alpha value is -2.18. The van der Waals surface area contributed by atoms with Crippen molar-refractivity contribution in [3.8, 4) is 0 Å². The predicted octanol–water partition coefficient (Wildman–Crippen LogP) is 1.49. The Morgan fingerprint density at radius 3 is 2.04 bits per heavy atom. The Kier molecular flexibility index (Phi) is 4.19. The number of carbonyl (C=O) groups is 1. The summed E-state index contributed by atoms with van der Waals surface area (Å²) in [7, 11) is -3.36. The minimum absolute atomic E-state index is 0.234. The van der Waals surface area contributed by atoms with Gasteiger partial charge in [0.05, 0.1) is 23.7 Å². The van der Waals surface area contributed by atoms with Crippen LogP contribution in [0.3, 0.4) is 0 Å². The van der Waals surface area contributed by atoms with E-state index in [4.69, 9.17) is 0 Å². The normalized spacial score (nSPS) is 22.7. The van der Waals surface area contributed by atoms with Gasteiger partial charge >= 0.3 is 0 Å². The fourth-order valence-electron chi connectivity index (χ4n) is 2.82. The number of rotatable bonds is 3. The van der Waals surface area contributed by atoms with E-state index in [9.17, 15) is 18.3 Å². The van der Waals surface area contributed by atoms with Crippen LogP contribution in [-0.4, -0.2) is 43.1 Å². The van der Waals surface area contributed by atoms with Gasteiger partial charge in [0.25, 0.3) is 5.91 Å². The number of anilines is 1. The van der Waals surface area contributed by atoms with Crippen LogP contribution in [0.25, 0.3) is 0 Å². The molecule has 0 aliphatic carbocycles. The lowest BCUT2D eigenvalue weighted by Gasteiger charge is -2.30. The van der Waals surface area contributed by atoms with E-state index in [1.165, 1.54) is 4.90 Å². The summed E-state index contributed by atoms with van der Waals surface area (Å²) in [6.07, 6.45) is -1.09. The number of aliphatic hydroxyl groups excluding tert-OH is 1. The summed E-state index contributed by atoms with van der Waals surface area (Å²) >= 11 is 0. The Bertz CT molecular complexity index is 790. The Balaban J connectivity index is 2.03. The summed E-state index contributed by atoms with van der Waals surface area (Å²) in [4.78, 5) is 14.3. The highest BCUT2D eigenvalue weighted by atomic mass is 32.2. The van der Waals surface area contributed by atoms with E-state index in [1.54, 1.807) is 54.6 Å². The highest BCUT2D eigenvalue weighted by Crippen LogP contribution is 2.26. The SMILES string of the molecule is O=C(c1ccccc1)N(c1ccccc1)[C@@H]1CS(=O)(=O)C[C@H]1O. The molecule has 1 N–H and O–H groups in total. The number of hydrogen-bond acceptors (Lipinski definition) is 4. The molecule has 0 saturated carbocycles. The van der Waals surface area contributed by atoms with E-state index in [2.05, 4.69) is 0 Å². The molecule has 0 aromatic heterocycles. The number of carbonyl (C=O) groups excluding carboxylic acids is 1. The van der Waals surface area contributed by atoms with Gasteiger partial charge in [0, 0.05) is 11.3 Å². The monoisotopic (exact) mass is 331 g/mol. The molecule has 1 aliphatic rings. The zero-order chi connectivity index (χ0) is 16.4. The molecule has 1 fully saturated rings. The minimum Gasteiger partial charge on any atom is -0.390 e. The summed E-state index contributed by atoms with van der Waals surface area (Å²) in [5.41, 5.74) is 1.02. The number of nitrogens with zero attached hydrogens (tertiary/aromatic N) is 1. The molecule has 1 saturated heterocycles. The molecule has 6 heteroatoms. The van der Waals surface area contributed by atoms with Gasteiger partial charge in [-0.05, 0) is 24.3 Å². The Labute approximate surface area is 135 Å². The van der Waals surface area contributed by atoms with Crippen LogP contribution >= 0.6 is 0 Å². The maximum absolute atomic E-state index is 12.9. The van der Waals surface area contributed by atoms with Crippen molar-refractivity contribution in [2.45, 2.75) is 12.1 Å². The second kappa shape index (κ2) is 6.14. The molecule has 0 radical (unpaired) electrons. The number of benzene rings is 2. The maximum atomic E-state index is 12.9. The molecule has 23 heavy (non-hydrogen) atoms. The van der Waals surface area contributed by atoms with E-state index in [1.807, 2.05) is 6.07 Å². The molecule has 1 heterocycles. The average molecular weight is 331 g/mol. The van der Waals surface area contributed by atoms with Crippen LogP contribution in [0, 0.1) is 0 Å². The summed E-state index contributed by atoms with van der Waals surface area (Å²) in [6, 6.07) is 16.7. The highest BCUT2D eigenvalue weighted by molar-refractivity contribution is 7.91. The van der Waals surface area contributed by atoms with Crippen LogP contribution in [-0.2, 0) is 9.84 Å². The quantitative estimate of drug-likeness (QED) is 0.925. The minimum atomic E-state index is -3.36. The van der Waals surface area contributed by atoms with Crippen molar-refractivity contribution in [2.24, 2.45) is 0 Å². The van der Waals surface area contributed by atoms with Gasteiger partial charge < -0.3 is 10.0 Å². The van der Waals surface area contributed by atoms with E-state index >= 15 is 0 Å². The van der Waals surface area contributed by atoms with Gasteiger partial charge in [-0.3, -0.25) is 4.79 Å². The fourth-order valence-corrected chi connectivity index (χ4v) is 4.60. The van der Waals surface area contributed by atoms with Gasteiger partial charge in [0.2, 0.25) is 0 Å². The van der Waals surface area contributed by atoms with Gasteiger partial charge in [-0.1, -0.05) is 36.4 Å². The summed E-state index contributed by atoms with van der Waals surface area (Å²) < 4.78 is 23.7. The van der Waals surface area contributed by atoms with Crippen molar-refractivity contribution < 1.29 is 18.3 Å². The number of para-hydroxylation sites is 1. The van der Waals surface area contributed by atoms with Gasteiger partial charge in [0.1, 0.15) is 0 Å². The molecule has 1 aliphatic heterocycles. The van der Waals surface area contributed by atoms with Crippen LogP contribution in [0.5, 0.6) is 0 Å². The Morgan fingerprint density at radius 1 is 0.957 bits per heavy atom. The van der Waals surface area contributed by atoms with E-state index in [-0.39, 0.29) is 17.4 Å². The first-order chi connectivity index (χ1) is 11.0. The third-order valence-corrected chi connectivity index (χ3v) is 5.60. The number of hydrogen-bond donors (Lipinski definition) is 1. The molecule has 0 spiro atoms. The first-order valence-electron chi connectivity index (χ1n) is 7.30. The van der Waals surface area contributed by atoms with Gasteiger partial charge in [-0.25, -0.2) is 8.42 Å². The van der Waals surface area contributed by atoms with Gasteiger partial charge in [-0.15, -0.1) is 0 Å². The topological polar surface area (TPSA) is 74.7 Å². The third-order valence-electron chi connectivity index (χ3n) is 3.90. The molecule has 2 aromatic carbocycles. The second-order valence-corrected chi connectivity index (χ2v) is 7.74. The number of sulfone groups is 1. The number of aliphatic hydroxyl groups is 1. The standard InChI is InChI=1S/C17H17NO4S/c19-16-12-23(21,22)11-15(16)18(14-9-5-2-6-10-14)17(20)13-7-3-1-4-8-13/h1-10,15-16,19H,11-12H2/t15-,16-/m1/s1. The molecule has 2 aromatic rings. The van der Waals surface area contributed by atoms with Crippen molar-refractivity contribution in [3.05, 3.63) is 66.2 Å². The molecular formula is C17H17NO4S. The van der Waals surface area contributed by atoms with Crippen molar-refractivity contribution in [3.63, 3.8) is 0 Å². The average Bonchev–Trinajstić information content (AvgIpc) is 2.82. The zero-order valence-electron chi connectivity index (χ0n) is 12.4. The second-order valence-electron chi connectivity index (χ2n) is 5.59. The van der Waals surface area contributed by atoms with Crippen molar-refractivity contribution in [2.75, 3.05) is 16.4 Å². The lowest BCUT2D eigenvalue weighted by molar-refractivity contribution is 0.0945. The van der Waals surface area contributed by atoms with Crippen molar-refractivity contribution >= 4 is 21.4 Å². The highest BCUT2D eigenvalue weighted by Gasteiger charge is 2.42. The lowest BCUT2D eigenvalue weighted by Crippen LogP contribution is -2.47. The summed E-state index contributed by atoms with van der Waals surface area (Å²) in [6.45, 7) is 0. The van der Waals surface area contributed by atoms with E-state index < -0.39 is 22.0 Å². The molecule has 1 amide bonds. The van der Waals surface area contributed by atoms with Crippen molar-refractivity contribution in [1.29, 1.82) is 0 Å². The molecule has 0 unspecified atom stereocenters. The van der Waals surface area contributed by atoms with Crippen LogP contribution in [0.1, 0.15) is 10.4 Å². The molecular weight excluding hydrogens is 314 g/mol. The molecule has 5 nitrogen and oxygen atoms in total. The van der Waals surface area contributed by atoms with Gasteiger partial charge in [0.15, 0.2) is 9.84 Å². The third kappa shape index (κ3) is 3.28. The summed E-state index contributed by atoms with van der Waals surface area (Å²) in [5, 5.41) is 10.2.